The Morgan fingerprint density at radius 1 is 0.721 bits per heavy atom. The van der Waals surface area contributed by atoms with Crippen LogP contribution in [0.1, 0.15) is 36.4 Å². The van der Waals surface area contributed by atoms with Gasteiger partial charge in [-0.25, -0.2) is 4.98 Å². The quantitative estimate of drug-likeness (QED) is 0.160. The minimum Gasteiger partial charge on any atom is -0.509 e. The molecule has 0 spiro atoms. The zero-order chi connectivity index (χ0) is 28.8. The maximum absolute atomic E-state index is 6.33. The topological polar surface area (TPSA) is 44.9 Å². The molecular weight excluding hydrogens is 712 g/mol. The molecule has 7 rings (SSSR count). The molecule has 0 saturated heterocycles. The summed E-state index contributed by atoms with van der Waals surface area (Å²) in [6.07, 6.45) is 1.90. The molecule has 0 saturated carbocycles. The van der Waals surface area contributed by atoms with E-state index in [0.717, 1.165) is 44.7 Å². The van der Waals surface area contributed by atoms with Crippen LogP contribution in [0, 0.1) is 26.0 Å². The Balaban J connectivity index is 0.00000329. The molecule has 5 nitrogen and oxygen atoms in total. The number of nitrogens with zero attached hydrogens (tertiary/aromatic N) is 4. The third-order valence-corrected chi connectivity index (χ3v) is 7.96. The summed E-state index contributed by atoms with van der Waals surface area (Å²) in [7, 11) is 0. The number of hydrogen-bond acceptors (Lipinski definition) is 3. The molecule has 3 heterocycles. The fraction of sp³-hybridized carbons (Fsp3) is 0.135. The van der Waals surface area contributed by atoms with Crippen LogP contribution in [-0.4, -0.2) is 19.3 Å². The first-order valence-electron chi connectivity index (χ1n) is 14.1. The van der Waals surface area contributed by atoms with Gasteiger partial charge in [-0.2, -0.15) is 17.2 Å². The molecule has 214 valence electrons. The van der Waals surface area contributed by atoms with Gasteiger partial charge in [-0.15, -0.1) is 35.7 Å². The molecule has 7 aromatic rings. The van der Waals surface area contributed by atoms with Crippen LogP contribution in [0.4, 0.5) is 0 Å². The van der Waals surface area contributed by atoms with E-state index in [1.54, 1.807) is 0 Å². The Hall–Kier alpha value is -4.47. The van der Waals surface area contributed by atoms with Gasteiger partial charge in [0.1, 0.15) is 5.82 Å². The van der Waals surface area contributed by atoms with Gasteiger partial charge < -0.3 is 9.30 Å². The second-order valence-corrected chi connectivity index (χ2v) is 11.2. The SMILES string of the molecule is Cc1cc(C)n(-c2[c-]c(Oc3[c-]c4c(cc3)c3ccccc3n4-c3cc(C(C)(C)c4ccccc4)ccn3)ccc2)n1.[Pt+2]. The second kappa shape index (κ2) is 11.3. The van der Waals surface area contributed by atoms with Gasteiger partial charge in [0.25, 0.3) is 0 Å². The molecule has 0 aliphatic carbocycles. The third-order valence-electron chi connectivity index (χ3n) is 7.96. The van der Waals surface area contributed by atoms with E-state index in [0.29, 0.717) is 11.5 Å². The second-order valence-electron chi connectivity index (χ2n) is 11.2. The maximum atomic E-state index is 6.33. The number of fused-ring (bicyclic) bond motifs is 3. The smallest absolute Gasteiger partial charge is 0.509 e. The number of benzene rings is 4. The van der Waals surface area contributed by atoms with E-state index >= 15 is 0 Å². The van der Waals surface area contributed by atoms with Crippen LogP contribution in [0.2, 0.25) is 0 Å². The van der Waals surface area contributed by atoms with Gasteiger partial charge in [0.05, 0.1) is 5.69 Å². The Morgan fingerprint density at radius 2 is 1.49 bits per heavy atom. The van der Waals surface area contributed by atoms with Crippen molar-refractivity contribution < 1.29 is 25.8 Å². The average Bonchev–Trinajstić information content (AvgIpc) is 3.53. The van der Waals surface area contributed by atoms with Crippen molar-refractivity contribution in [3.05, 3.63) is 144 Å². The predicted octanol–water partition coefficient (Wildman–Crippen LogP) is 8.70. The van der Waals surface area contributed by atoms with E-state index in [9.17, 15) is 0 Å². The molecule has 0 fully saturated rings. The van der Waals surface area contributed by atoms with Crippen molar-refractivity contribution in [2.75, 3.05) is 0 Å². The third kappa shape index (κ3) is 5.19. The molecule has 0 bridgehead atoms. The van der Waals surface area contributed by atoms with Gasteiger partial charge in [-0.05, 0) is 60.3 Å². The molecule has 0 atom stereocenters. The van der Waals surface area contributed by atoms with Crippen molar-refractivity contribution in [1.82, 2.24) is 19.3 Å². The predicted molar refractivity (Wildman–Crippen MR) is 168 cm³/mol. The molecule has 0 unspecified atom stereocenters. The first-order valence-corrected chi connectivity index (χ1v) is 14.1. The first kappa shape index (κ1) is 28.6. The molecule has 43 heavy (non-hydrogen) atoms. The number of hydrogen-bond donors (Lipinski definition) is 0. The Labute approximate surface area is 266 Å². The molecular formula is C37H30N4OPt. The molecule has 0 N–H and O–H groups in total. The van der Waals surface area contributed by atoms with Crippen molar-refractivity contribution in [2.24, 2.45) is 0 Å². The zero-order valence-corrected chi connectivity index (χ0v) is 26.7. The molecule has 4 aromatic carbocycles. The van der Waals surface area contributed by atoms with Gasteiger partial charge in [0.2, 0.25) is 0 Å². The number of ether oxygens (including phenoxy) is 1. The Bertz CT molecular complexity index is 2070. The molecule has 0 aliphatic rings. The van der Waals surface area contributed by atoms with Crippen molar-refractivity contribution in [3.8, 4) is 23.0 Å². The minimum atomic E-state index is -0.192. The normalized spacial score (nSPS) is 11.5. The van der Waals surface area contributed by atoms with Gasteiger partial charge in [-0.3, -0.25) is 4.68 Å². The van der Waals surface area contributed by atoms with Crippen LogP contribution in [0.25, 0.3) is 33.3 Å². The minimum absolute atomic E-state index is 0. The van der Waals surface area contributed by atoms with E-state index in [1.165, 1.54) is 11.1 Å². The van der Waals surface area contributed by atoms with Gasteiger partial charge >= 0.3 is 21.1 Å². The van der Waals surface area contributed by atoms with Crippen LogP contribution >= 0.6 is 0 Å². The number of pyridine rings is 1. The Morgan fingerprint density at radius 3 is 2.28 bits per heavy atom. The largest absolute Gasteiger partial charge is 2.00 e. The molecule has 6 heteroatoms. The van der Waals surface area contributed by atoms with Crippen LogP contribution in [0.3, 0.4) is 0 Å². The number of aromatic nitrogens is 4. The fourth-order valence-electron chi connectivity index (χ4n) is 5.73. The van der Waals surface area contributed by atoms with Crippen LogP contribution in [-0.2, 0) is 26.5 Å². The van der Waals surface area contributed by atoms with Gasteiger partial charge in [0.15, 0.2) is 0 Å². The molecule has 0 aliphatic heterocycles. The summed E-state index contributed by atoms with van der Waals surface area (Å²) in [5, 5.41) is 6.83. The first-order chi connectivity index (χ1) is 20.4. The van der Waals surface area contributed by atoms with E-state index < -0.39 is 0 Å². The summed E-state index contributed by atoms with van der Waals surface area (Å²) in [5.41, 5.74) is 7.06. The summed E-state index contributed by atoms with van der Waals surface area (Å²) >= 11 is 0. The summed E-state index contributed by atoms with van der Waals surface area (Å²) in [6, 6.07) is 42.2. The van der Waals surface area contributed by atoms with Gasteiger partial charge in [-0.1, -0.05) is 67.9 Å². The van der Waals surface area contributed by atoms with Crippen LogP contribution in [0.5, 0.6) is 11.5 Å². The van der Waals surface area contributed by atoms with Crippen LogP contribution in [0.15, 0.2) is 109 Å². The van der Waals surface area contributed by atoms with Crippen molar-refractivity contribution >= 4 is 21.8 Å². The summed E-state index contributed by atoms with van der Waals surface area (Å²) in [6.45, 7) is 8.52. The average molecular weight is 742 g/mol. The summed E-state index contributed by atoms with van der Waals surface area (Å²) in [4.78, 5) is 4.84. The van der Waals surface area contributed by atoms with E-state index in [4.69, 9.17) is 9.72 Å². The fourth-order valence-corrected chi connectivity index (χ4v) is 5.73. The zero-order valence-electron chi connectivity index (χ0n) is 24.4. The van der Waals surface area contributed by atoms with Gasteiger partial charge in [0, 0.05) is 34.3 Å². The number of rotatable bonds is 6. The van der Waals surface area contributed by atoms with E-state index in [1.807, 2.05) is 55.1 Å². The van der Waals surface area contributed by atoms with E-state index in [-0.39, 0.29) is 26.5 Å². The van der Waals surface area contributed by atoms with Crippen molar-refractivity contribution in [1.29, 1.82) is 0 Å². The van der Waals surface area contributed by atoms with Crippen molar-refractivity contribution in [2.45, 2.75) is 33.1 Å². The molecule has 3 aromatic heterocycles. The van der Waals surface area contributed by atoms with E-state index in [2.05, 4.69) is 108 Å². The monoisotopic (exact) mass is 741 g/mol. The number of aryl methyl sites for hydroxylation is 2. The summed E-state index contributed by atoms with van der Waals surface area (Å²) < 4.78 is 10.4. The molecule has 0 amide bonds. The maximum Gasteiger partial charge on any atom is 2.00 e. The Kier molecular flexibility index (Phi) is 7.54. The van der Waals surface area contributed by atoms with Crippen molar-refractivity contribution in [3.63, 3.8) is 0 Å². The number of para-hydroxylation sites is 1. The molecule has 0 radical (unpaired) electrons. The standard InChI is InChI=1S/C37H30N4O.Pt/c1-25-21-26(2)41(39-25)29-13-10-14-30(23-29)42-31-17-18-33-32-15-8-9-16-34(32)40(35(33)24-31)36-22-28(19-20-38-36)37(3,4)27-11-6-5-7-12-27;/h5-22H,1-4H3;/q-2;+2. The summed E-state index contributed by atoms with van der Waals surface area (Å²) in [5.74, 6) is 2.05. The van der Waals surface area contributed by atoms with Crippen LogP contribution < -0.4 is 4.74 Å².